The molecule has 11 nitrogen and oxygen atoms in total. The molecule has 4 aromatic carbocycles. The summed E-state index contributed by atoms with van der Waals surface area (Å²) in [6.07, 6.45) is 2.92. The number of imidazole rings is 1. The predicted molar refractivity (Wildman–Crippen MR) is 221 cm³/mol. The van der Waals surface area contributed by atoms with Crippen LogP contribution in [0.5, 0.6) is 0 Å². The number of amides is 1. The standard InChI is InChI=1S/C40H42Cl2N6O5SSi/c1-55(2,3)21-20-53-26-48-38(50)25-47(54(48,51)52)33-15-10-30(11-16-33)39(40-44-23-36(45-40)34-17-12-31(41)22-35(34)42)29-6-4-27(5-7-29)28-8-13-32(14-9-28)46-19-18-43-37(49)24-46/h4-17,22-23,25,39,50H,18-21,24,26H2,1-3H3,(H,43,49)(H,44,45). The number of rotatable bonds is 12. The maximum atomic E-state index is 13.5. The fourth-order valence-corrected chi connectivity index (χ4v) is 9.15. The molecular formula is C40H42Cl2N6O5SSi. The lowest BCUT2D eigenvalue weighted by Crippen LogP contribution is -2.47. The van der Waals surface area contributed by atoms with E-state index in [2.05, 4.69) is 71.2 Å². The fourth-order valence-electron chi connectivity index (χ4n) is 6.57. The molecule has 0 aliphatic carbocycles. The molecule has 1 atom stereocenters. The fraction of sp³-hybridized carbons (Fsp3) is 0.250. The molecule has 5 aromatic rings. The minimum absolute atomic E-state index is 0.0209. The highest BCUT2D eigenvalue weighted by molar-refractivity contribution is 7.91. The molecule has 15 heteroatoms. The van der Waals surface area contributed by atoms with Crippen molar-refractivity contribution in [2.24, 2.45) is 0 Å². The molecule has 7 rings (SSSR count). The van der Waals surface area contributed by atoms with Crippen LogP contribution >= 0.6 is 23.2 Å². The number of aromatic nitrogens is 2. The second kappa shape index (κ2) is 15.8. The van der Waals surface area contributed by atoms with Gasteiger partial charge in [0, 0.05) is 44.0 Å². The van der Waals surface area contributed by atoms with Crippen LogP contribution in [0.4, 0.5) is 11.4 Å². The normalized spacial score (nSPS) is 16.3. The highest BCUT2D eigenvalue weighted by Crippen LogP contribution is 2.37. The van der Waals surface area contributed by atoms with Crippen LogP contribution in [0.1, 0.15) is 22.9 Å². The maximum absolute atomic E-state index is 13.5. The molecular weight excluding hydrogens is 776 g/mol. The van der Waals surface area contributed by atoms with Gasteiger partial charge in [-0.15, -0.1) is 0 Å². The van der Waals surface area contributed by atoms with Crippen LogP contribution < -0.4 is 14.5 Å². The molecule has 0 bridgehead atoms. The number of H-pyrrole nitrogens is 1. The molecule has 3 N–H and O–H groups in total. The summed E-state index contributed by atoms with van der Waals surface area (Å²) in [4.78, 5) is 22.2. The van der Waals surface area contributed by atoms with Crippen LogP contribution in [-0.4, -0.2) is 74.8 Å². The van der Waals surface area contributed by atoms with E-state index in [-0.39, 0.29) is 18.6 Å². The third kappa shape index (κ3) is 8.56. The second-order valence-electron chi connectivity index (χ2n) is 14.8. The molecule has 1 aromatic heterocycles. The Labute approximate surface area is 332 Å². The molecule has 3 heterocycles. The van der Waals surface area contributed by atoms with Crippen molar-refractivity contribution in [3.8, 4) is 22.4 Å². The minimum Gasteiger partial charge on any atom is -0.493 e. The van der Waals surface area contributed by atoms with Gasteiger partial charge in [-0.2, -0.15) is 12.7 Å². The first-order chi connectivity index (χ1) is 26.3. The zero-order valence-electron chi connectivity index (χ0n) is 30.7. The SMILES string of the molecule is C[Si](C)(C)CCOCN1C(O)=CN(c2ccc(C(c3ccc(-c4ccc(N5CCNC(=O)C5)cc4)cc3)c3ncc(-c4ccc(Cl)cc4Cl)[nH]3)cc2)S1(=O)=O. The average molecular weight is 818 g/mol. The van der Waals surface area contributed by atoms with Crippen molar-refractivity contribution in [1.82, 2.24) is 19.6 Å². The Kier molecular flexibility index (Phi) is 11.0. The van der Waals surface area contributed by atoms with Crippen LogP contribution in [0.3, 0.4) is 0 Å². The first-order valence-electron chi connectivity index (χ1n) is 17.9. The number of piperazine rings is 1. The number of ether oxygens (including phenoxy) is 1. The number of aliphatic hydroxyl groups excluding tert-OH is 1. The summed E-state index contributed by atoms with van der Waals surface area (Å²) in [7, 11) is -5.49. The van der Waals surface area contributed by atoms with Crippen LogP contribution in [0, 0.1) is 0 Å². The van der Waals surface area contributed by atoms with Gasteiger partial charge in [0.2, 0.25) is 11.8 Å². The van der Waals surface area contributed by atoms with Gasteiger partial charge in [-0.25, -0.2) is 9.29 Å². The van der Waals surface area contributed by atoms with Crippen molar-refractivity contribution in [3.63, 3.8) is 0 Å². The van der Waals surface area contributed by atoms with Crippen molar-refractivity contribution in [2.75, 3.05) is 42.2 Å². The smallest absolute Gasteiger partial charge is 0.334 e. The van der Waals surface area contributed by atoms with Gasteiger partial charge in [-0.3, -0.25) is 4.79 Å². The Balaban J connectivity index is 1.16. The maximum Gasteiger partial charge on any atom is 0.334 e. The molecule has 0 spiro atoms. The van der Waals surface area contributed by atoms with Gasteiger partial charge >= 0.3 is 10.2 Å². The summed E-state index contributed by atoms with van der Waals surface area (Å²) in [6, 6.07) is 29.7. The molecule has 1 unspecified atom stereocenters. The number of aromatic amines is 1. The van der Waals surface area contributed by atoms with E-state index in [0.29, 0.717) is 41.3 Å². The number of halogens is 2. The Morgan fingerprint density at radius 1 is 0.909 bits per heavy atom. The van der Waals surface area contributed by atoms with Crippen LogP contribution in [-0.2, 0) is 19.7 Å². The van der Waals surface area contributed by atoms with Crippen LogP contribution in [0.2, 0.25) is 35.7 Å². The quantitative estimate of drug-likeness (QED) is 0.0855. The van der Waals surface area contributed by atoms with Gasteiger partial charge in [0.25, 0.3) is 0 Å². The lowest BCUT2D eigenvalue weighted by atomic mass is 9.89. The van der Waals surface area contributed by atoms with E-state index in [1.165, 1.54) is 6.20 Å². The molecule has 286 valence electrons. The first kappa shape index (κ1) is 38.5. The van der Waals surface area contributed by atoms with Gasteiger partial charge in [-0.05, 0) is 70.8 Å². The minimum atomic E-state index is -4.11. The van der Waals surface area contributed by atoms with Crippen molar-refractivity contribution in [2.45, 2.75) is 31.6 Å². The van der Waals surface area contributed by atoms with Gasteiger partial charge < -0.3 is 25.0 Å². The number of carbonyl (C=O) groups excluding carboxylic acids is 1. The summed E-state index contributed by atoms with van der Waals surface area (Å²) in [5.41, 5.74) is 6.69. The van der Waals surface area contributed by atoms with E-state index in [0.717, 1.165) is 60.4 Å². The Bertz CT molecular complexity index is 2310. The molecule has 1 saturated heterocycles. The zero-order chi connectivity index (χ0) is 38.9. The summed E-state index contributed by atoms with van der Waals surface area (Å²) in [5.74, 6) is -0.101. The number of hydrogen-bond donors (Lipinski definition) is 3. The number of hydrogen-bond acceptors (Lipinski definition) is 7. The van der Waals surface area contributed by atoms with Crippen LogP contribution in [0.15, 0.2) is 109 Å². The van der Waals surface area contributed by atoms with Crippen molar-refractivity contribution in [1.29, 1.82) is 0 Å². The monoisotopic (exact) mass is 816 g/mol. The third-order valence-corrected chi connectivity index (χ3v) is 13.6. The molecule has 55 heavy (non-hydrogen) atoms. The topological polar surface area (TPSA) is 131 Å². The second-order valence-corrected chi connectivity index (χ2v) is 23.0. The van der Waals surface area contributed by atoms with Crippen molar-refractivity contribution < 1.29 is 23.1 Å². The van der Waals surface area contributed by atoms with Gasteiger partial charge in [-0.1, -0.05) is 91.4 Å². The largest absolute Gasteiger partial charge is 0.493 e. The Morgan fingerprint density at radius 3 is 2.18 bits per heavy atom. The summed E-state index contributed by atoms with van der Waals surface area (Å²) < 4.78 is 34.6. The number of nitrogens with zero attached hydrogens (tertiary/aromatic N) is 4. The van der Waals surface area contributed by atoms with E-state index in [1.807, 2.05) is 30.3 Å². The highest BCUT2D eigenvalue weighted by atomic mass is 35.5. The Hall–Kier alpha value is -4.79. The molecule has 0 radical (unpaired) electrons. The van der Waals surface area contributed by atoms with Crippen molar-refractivity contribution >= 4 is 58.8 Å². The third-order valence-electron chi connectivity index (χ3n) is 9.64. The average Bonchev–Trinajstić information content (AvgIpc) is 3.71. The van der Waals surface area contributed by atoms with Gasteiger partial charge in [0.15, 0.2) is 0 Å². The van der Waals surface area contributed by atoms with E-state index < -0.39 is 24.2 Å². The summed E-state index contributed by atoms with van der Waals surface area (Å²) in [5, 5.41) is 14.5. The molecule has 1 amide bonds. The number of anilines is 2. The number of nitrogens with one attached hydrogen (secondary N) is 2. The van der Waals surface area contributed by atoms with E-state index in [9.17, 15) is 18.3 Å². The van der Waals surface area contributed by atoms with Crippen LogP contribution in [0.25, 0.3) is 22.4 Å². The summed E-state index contributed by atoms with van der Waals surface area (Å²) in [6.45, 7) is 8.51. The molecule has 2 aliphatic heterocycles. The summed E-state index contributed by atoms with van der Waals surface area (Å²) >= 11 is 12.7. The first-order valence-corrected chi connectivity index (χ1v) is 23.8. The van der Waals surface area contributed by atoms with Crippen molar-refractivity contribution in [3.05, 3.63) is 136 Å². The lowest BCUT2D eigenvalue weighted by Gasteiger charge is -2.28. The van der Waals surface area contributed by atoms with E-state index >= 15 is 0 Å². The van der Waals surface area contributed by atoms with Gasteiger partial charge in [0.05, 0.1) is 41.3 Å². The predicted octanol–water partition coefficient (Wildman–Crippen LogP) is 8.20. The number of aliphatic hydroxyl groups is 1. The number of benzene rings is 4. The highest BCUT2D eigenvalue weighted by Gasteiger charge is 2.38. The molecule has 2 aliphatic rings. The lowest BCUT2D eigenvalue weighted by molar-refractivity contribution is -0.120. The zero-order valence-corrected chi connectivity index (χ0v) is 34.0. The van der Waals surface area contributed by atoms with E-state index in [4.69, 9.17) is 32.9 Å². The molecule has 1 fully saturated rings. The molecule has 0 saturated carbocycles. The van der Waals surface area contributed by atoms with Gasteiger partial charge in [0.1, 0.15) is 12.6 Å². The van der Waals surface area contributed by atoms with E-state index in [1.54, 1.807) is 30.5 Å². The Morgan fingerprint density at radius 2 is 1.55 bits per heavy atom. The number of carbonyl (C=O) groups is 1.